The lowest BCUT2D eigenvalue weighted by atomic mass is 10.2. The molecule has 28 heavy (non-hydrogen) atoms. The molecule has 0 aromatic heterocycles. The number of hydrogen-bond acceptors (Lipinski definition) is 6. The summed E-state index contributed by atoms with van der Waals surface area (Å²) in [6, 6.07) is 10.6. The molecule has 1 aliphatic heterocycles. The van der Waals surface area contributed by atoms with Gasteiger partial charge in [-0.05, 0) is 48.4 Å². The Hall–Kier alpha value is -2.42. The van der Waals surface area contributed by atoms with Crippen LogP contribution in [-0.2, 0) is 14.8 Å². The van der Waals surface area contributed by atoms with Crippen molar-refractivity contribution in [3.05, 3.63) is 47.5 Å². The van der Waals surface area contributed by atoms with Crippen molar-refractivity contribution >= 4 is 21.9 Å². The third-order valence-electron chi connectivity index (χ3n) is 4.46. The third-order valence-corrected chi connectivity index (χ3v) is 6.39. The summed E-state index contributed by atoms with van der Waals surface area (Å²) in [5, 5.41) is 0. The van der Waals surface area contributed by atoms with Gasteiger partial charge in [0, 0.05) is 19.3 Å². The molecular formula is C20H24N2O5S. The summed E-state index contributed by atoms with van der Waals surface area (Å²) < 4.78 is 43.5. The number of hydrogen-bond donors (Lipinski definition) is 0. The van der Waals surface area contributed by atoms with E-state index in [2.05, 4.69) is 4.99 Å². The molecule has 0 aliphatic carbocycles. The summed E-state index contributed by atoms with van der Waals surface area (Å²) in [6.07, 6.45) is 1.62. The van der Waals surface area contributed by atoms with E-state index < -0.39 is 10.0 Å². The minimum Gasteiger partial charge on any atom is -0.493 e. The van der Waals surface area contributed by atoms with Crippen LogP contribution in [-0.4, -0.2) is 59.5 Å². The SMILES string of the molecule is COc1ccc(C=Nc2ccc(C)cc2S(=O)(=O)N2CCOCC2)cc1OC. The summed E-state index contributed by atoms with van der Waals surface area (Å²) in [7, 11) is -0.517. The van der Waals surface area contributed by atoms with Crippen LogP contribution >= 0.6 is 0 Å². The van der Waals surface area contributed by atoms with Crippen molar-refractivity contribution in [2.24, 2.45) is 4.99 Å². The van der Waals surface area contributed by atoms with Crippen LogP contribution in [0.4, 0.5) is 5.69 Å². The molecule has 0 N–H and O–H groups in total. The number of methoxy groups -OCH3 is 2. The second kappa shape index (κ2) is 8.72. The highest BCUT2D eigenvalue weighted by Crippen LogP contribution is 2.30. The lowest BCUT2D eigenvalue weighted by molar-refractivity contribution is 0.0730. The molecule has 1 saturated heterocycles. The normalized spacial score (nSPS) is 15.7. The van der Waals surface area contributed by atoms with Gasteiger partial charge in [-0.2, -0.15) is 4.31 Å². The van der Waals surface area contributed by atoms with Crippen molar-refractivity contribution in [1.82, 2.24) is 4.31 Å². The van der Waals surface area contributed by atoms with Crippen LogP contribution < -0.4 is 9.47 Å². The number of aliphatic imine (C=N–C) groups is 1. The topological polar surface area (TPSA) is 77.4 Å². The number of sulfonamides is 1. The lowest BCUT2D eigenvalue weighted by Crippen LogP contribution is -2.40. The molecule has 150 valence electrons. The summed E-state index contributed by atoms with van der Waals surface area (Å²) >= 11 is 0. The number of morpholine rings is 1. The molecule has 0 spiro atoms. The Morgan fingerprint density at radius 1 is 1.04 bits per heavy atom. The van der Waals surface area contributed by atoms with Crippen molar-refractivity contribution in [2.75, 3.05) is 40.5 Å². The van der Waals surface area contributed by atoms with E-state index in [4.69, 9.17) is 14.2 Å². The van der Waals surface area contributed by atoms with Crippen molar-refractivity contribution in [2.45, 2.75) is 11.8 Å². The largest absolute Gasteiger partial charge is 0.493 e. The van der Waals surface area contributed by atoms with E-state index in [0.29, 0.717) is 43.5 Å². The van der Waals surface area contributed by atoms with E-state index in [9.17, 15) is 8.42 Å². The van der Waals surface area contributed by atoms with E-state index in [0.717, 1.165) is 11.1 Å². The highest BCUT2D eigenvalue weighted by atomic mass is 32.2. The molecule has 7 nitrogen and oxygen atoms in total. The Labute approximate surface area is 165 Å². The van der Waals surface area contributed by atoms with Gasteiger partial charge in [-0.1, -0.05) is 6.07 Å². The zero-order chi connectivity index (χ0) is 20.1. The molecule has 0 unspecified atom stereocenters. The van der Waals surface area contributed by atoms with E-state index in [1.54, 1.807) is 44.7 Å². The number of ether oxygens (including phenoxy) is 3. The van der Waals surface area contributed by atoms with Gasteiger partial charge in [0.15, 0.2) is 11.5 Å². The molecule has 2 aromatic carbocycles. The van der Waals surface area contributed by atoms with E-state index in [-0.39, 0.29) is 4.90 Å². The van der Waals surface area contributed by atoms with Crippen LogP contribution in [0.1, 0.15) is 11.1 Å². The molecule has 1 aliphatic rings. The number of nitrogens with zero attached hydrogens (tertiary/aromatic N) is 2. The maximum atomic E-state index is 13.1. The standard InChI is InChI=1S/C20H24N2O5S/c1-15-4-6-17(20(12-15)28(23,24)22-8-10-27-11-9-22)21-14-16-5-7-18(25-2)19(13-16)26-3/h4-7,12-14H,8-11H2,1-3H3. The Balaban J connectivity index is 1.96. The predicted octanol–water partition coefficient (Wildman–Crippen LogP) is 2.78. The monoisotopic (exact) mass is 404 g/mol. The zero-order valence-electron chi connectivity index (χ0n) is 16.2. The first-order valence-electron chi connectivity index (χ1n) is 8.90. The first kappa shape index (κ1) is 20.3. The van der Waals surface area contributed by atoms with Gasteiger partial charge in [0.1, 0.15) is 4.90 Å². The first-order chi connectivity index (χ1) is 13.5. The second-order valence-electron chi connectivity index (χ2n) is 6.36. The lowest BCUT2D eigenvalue weighted by Gasteiger charge is -2.26. The van der Waals surface area contributed by atoms with E-state index in [1.165, 1.54) is 4.31 Å². The van der Waals surface area contributed by atoms with Crippen molar-refractivity contribution in [3.8, 4) is 11.5 Å². The van der Waals surface area contributed by atoms with Gasteiger partial charge in [0.2, 0.25) is 10.0 Å². The van der Waals surface area contributed by atoms with Crippen LogP contribution in [0, 0.1) is 6.92 Å². The summed E-state index contributed by atoms with van der Waals surface area (Å²) in [5.74, 6) is 1.20. The van der Waals surface area contributed by atoms with Gasteiger partial charge >= 0.3 is 0 Å². The van der Waals surface area contributed by atoms with E-state index in [1.807, 2.05) is 19.1 Å². The Bertz CT molecular complexity index is 967. The highest BCUT2D eigenvalue weighted by molar-refractivity contribution is 7.89. The van der Waals surface area contributed by atoms with Gasteiger partial charge in [-0.25, -0.2) is 8.42 Å². The summed E-state index contributed by atoms with van der Waals surface area (Å²) in [4.78, 5) is 4.65. The average molecular weight is 404 g/mol. The summed E-state index contributed by atoms with van der Waals surface area (Å²) in [6.45, 7) is 3.34. The Morgan fingerprint density at radius 2 is 1.75 bits per heavy atom. The first-order valence-corrected chi connectivity index (χ1v) is 10.3. The van der Waals surface area contributed by atoms with Gasteiger partial charge < -0.3 is 14.2 Å². The average Bonchev–Trinajstić information content (AvgIpc) is 2.73. The molecule has 1 heterocycles. The third kappa shape index (κ3) is 4.35. The fourth-order valence-corrected chi connectivity index (χ4v) is 4.57. The van der Waals surface area contributed by atoms with Crippen LogP contribution in [0.2, 0.25) is 0 Å². The van der Waals surface area contributed by atoms with Crippen LogP contribution in [0.15, 0.2) is 46.3 Å². The fourth-order valence-electron chi connectivity index (χ4n) is 2.94. The number of rotatable bonds is 6. The fraction of sp³-hybridized carbons (Fsp3) is 0.350. The molecule has 0 radical (unpaired) electrons. The maximum Gasteiger partial charge on any atom is 0.245 e. The maximum absolute atomic E-state index is 13.1. The molecule has 0 saturated carbocycles. The molecule has 8 heteroatoms. The number of benzene rings is 2. The van der Waals surface area contributed by atoms with Crippen LogP contribution in [0.25, 0.3) is 0 Å². The van der Waals surface area contributed by atoms with Gasteiger partial charge in [-0.3, -0.25) is 4.99 Å². The van der Waals surface area contributed by atoms with E-state index >= 15 is 0 Å². The van der Waals surface area contributed by atoms with Crippen LogP contribution in [0.3, 0.4) is 0 Å². The Morgan fingerprint density at radius 3 is 2.43 bits per heavy atom. The minimum atomic E-state index is -3.65. The van der Waals surface area contributed by atoms with Gasteiger partial charge in [0.25, 0.3) is 0 Å². The molecule has 2 aromatic rings. The Kier molecular flexibility index (Phi) is 6.33. The molecular weight excluding hydrogens is 380 g/mol. The van der Waals surface area contributed by atoms with Gasteiger partial charge in [-0.15, -0.1) is 0 Å². The minimum absolute atomic E-state index is 0.200. The molecule has 3 rings (SSSR count). The molecule has 0 atom stereocenters. The highest BCUT2D eigenvalue weighted by Gasteiger charge is 2.28. The zero-order valence-corrected chi connectivity index (χ0v) is 17.0. The molecule has 1 fully saturated rings. The van der Waals surface area contributed by atoms with Crippen molar-refractivity contribution < 1.29 is 22.6 Å². The summed E-state index contributed by atoms with van der Waals surface area (Å²) in [5.41, 5.74) is 2.02. The molecule has 0 amide bonds. The number of aryl methyl sites for hydroxylation is 1. The molecule has 0 bridgehead atoms. The quantitative estimate of drug-likeness (QED) is 0.692. The van der Waals surface area contributed by atoms with Crippen LogP contribution in [0.5, 0.6) is 11.5 Å². The van der Waals surface area contributed by atoms with Crippen molar-refractivity contribution in [1.29, 1.82) is 0 Å². The predicted molar refractivity (Wildman–Crippen MR) is 108 cm³/mol. The smallest absolute Gasteiger partial charge is 0.245 e. The second-order valence-corrected chi connectivity index (χ2v) is 8.27. The van der Waals surface area contributed by atoms with Gasteiger partial charge in [0.05, 0.1) is 33.1 Å². The van der Waals surface area contributed by atoms with Crippen molar-refractivity contribution in [3.63, 3.8) is 0 Å².